The van der Waals surface area contributed by atoms with Crippen LogP contribution in [0.1, 0.15) is 38.5 Å². The summed E-state index contributed by atoms with van der Waals surface area (Å²) < 4.78 is 0. The molecule has 0 aliphatic heterocycles. The molecule has 0 bridgehead atoms. The molecule has 1 unspecified atom stereocenters. The van der Waals surface area contributed by atoms with Crippen LogP contribution in [0.4, 0.5) is 0 Å². The molecule has 1 spiro atoms. The topological polar surface area (TPSA) is 49.3 Å². The van der Waals surface area contributed by atoms with Crippen molar-refractivity contribution in [3.63, 3.8) is 0 Å². The summed E-state index contributed by atoms with van der Waals surface area (Å²) in [7, 11) is 0. The number of nitrogens with one attached hydrogen (secondary N) is 1. The van der Waals surface area contributed by atoms with Gasteiger partial charge in [0, 0.05) is 0 Å². The van der Waals surface area contributed by atoms with E-state index in [0.717, 1.165) is 38.5 Å². The third kappa shape index (κ3) is 1.28. The molecule has 15 heavy (non-hydrogen) atoms. The van der Waals surface area contributed by atoms with Gasteiger partial charge in [0.15, 0.2) is 0 Å². The standard InChI is InChI=1S/C12H17NO2/c1-2-9-13-12(10(14)15)8-4-7-11(12)5-3-6-11/h1,13H,3-9H2,(H,14,15). The average molecular weight is 207 g/mol. The first-order chi connectivity index (χ1) is 7.17. The molecule has 0 aromatic carbocycles. The second-order valence-electron chi connectivity index (χ2n) is 4.76. The van der Waals surface area contributed by atoms with Crippen LogP contribution in [0.25, 0.3) is 0 Å². The lowest BCUT2D eigenvalue weighted by molar-refractivity contribution is -0.153. The molecule has 3 nitrogen and oxygen atoms in total. The summed E-state index contributed by atoms with van der Waals surface area (Å²) in [4.78, 5) is 11.5. The van der Waals surface area contributed by atoms with Crippen molar-refractivity contribution >= 4 is 5.97 Å². The van der Waals surface area contributed by atoms with E-state index in [0.29, 0.717) is 6.54 Å². The molecule has 0 aromatic heterocycles. The van der Waals surface area contributed by atoms with E-state index >= 15 is 0 Å². The van der Waals surface area contributed by atoms with E-state index in [9.17, 15) is 9.90 Å². The molecular weight excluding hydrogens is 190 g/mol. The van der Waals surface area contributed by atoms with Crippen LogP contribution in [0.15, 0.2) is 0 Å². The Bertz CT molecular complexity index is 314. The highest BCUT2D eigenvalue weighted by molar-refractivity contribution is 5.81. The Morgan fingerprint density at radius 2 is 1.93 bits per heavy atom. The molecule has 2 fully saturated rings. The molecule has 2 aliphatic rings. The Kier molecular flexibility index (Phi) is 2.47. The minimum Gasteiger partial charge on any atom is -0.480 e. The van der Waals surface area contributed by atoms with Crippen LogP contribution < -0.4 is 5.32 Å². The molecule has 0 radical (unpaired) electrons. The maximum absolute atomic E-state index is 11.5. The Hall–Kier alpha value is -1.01. The maximum atomic E-state index is 11.5. The zero-order valence-corrected chi connectivity index (χ0v) is 8.88. The molecule has 0 heterocycles. The molecule has 2 rings (SSSR count). The summed E-state index contributed by atoms with van der Waals surface area (Å²) in [5, 5.41) is 12.6. The van der Waals surface area contributed by atoms with Crippen LogP contribution in [0.2, 0.25) is 0 Å². The van der Waals surface area contributed by atoms with Crippen molar-refractivity contribution in [1.29, 1.82) is 0 Å². The van der Waals surface area contributed by atoms with Crippen LogP contribution in [-0.4, -0.2) is 23.2 Å². The predicted octanol–water partition coefficient (Wildman–Crippen LogP) is 1.39. The molecule has 0 aromatic rings. The first kappa shape index (κ1) is 10.5. The smallest absolute Gasteiger partial charge is 0.324 e. The monoisotopic (exact) mass is 207 g/mol. The first-order valence-electron chi connectivity index (χ1n) is 5.59. The van der Waals surface area contributed by atoms with E-state index in [1.807, 2.05) is 0 Å². The highest BCUT2D eigenvalue weighted by Crippen LogP contribution is 2.58. The molecule has 2 aliphatic carbocycles. The number of carboxylic acid groups (broad SMARTS) is 1. The summed E-state index contributed by atoms with van der Waals surface area (Å²) in [6.07, 6.45) is 11.2. The fourth-order valence-electron chi connectivity index (χ4n) is 3.34. The van der Waals surface area contributed by atoms with Gasteiger partial charge in [-0.1, -0.05) is 18.8 Å². The number of rotatable bonds is 3. The van der Waals surface area contributed by atoms with Gasteiger partial charge in [0.2, 0.25) is 0 Å². The van der Waals surface area contributed by atoms with Gasteiger partial charge >= 0.3 is 5.97 Å². The molecular formula is C12H17NO2. The van der Waals surface area contributed by atoms with E-state index in [1.165, 1.54) is 0 Å². The van der Waals surface area contributed by atoms with Gasteiger partial charge in [-0.25, -0.2) is 0 Å². The summed E-state index contributed by atoms with van der Waals surface area (Å²) in [5.41, 5.74) is -0.743. The lowest BCUT2D eigenvalue weighted by atomic mass is 9.58. The summed E-state index contributed by atoms with van der Waals surface area (Å²) in [6, 6.07) is 0. The fraction of sp³-hybridized carbons (Fsp3) is 0.750. The van der Waals surface area contributed by atoms with Crippen molar-refractivity contribution in [1.82, 2.24) is 5.32 Å². The lowest BCUT2D eigenvalue weighted by Crippen LogP contribution is -2.63. The molecule has 1 atom stereocenters. The quantitative estimate of drug-likeness (QED) is 0.687. The summed E-state index contributed by atoms with van der Waals surface area (Å²) in [5.74, 6) is 1.77. The third-order valence-corrected chi connectivity index (χ3v) is 4.28. The van der Waals surface area contributed by atoms with Crippen LogP contribution in [0.5, 0.6) is 0 Å². The maximum Gasteiger partial charge on any atom is 0.324 e. The Morgan fingerprint density at radius 1 is 1.33 bits per heavy atom. The van der Waals surface area contributed by atoms with Crippen molar-refractivity contribution in [2.45, 2.75) is 44.1 Å². The van der Waals surface area contributed by atoms with Gasteiger partial charge in [0.25, 0.3) is 0 Å². The van der Waals surface area contributed by atoms with Crippen molar-refractivity contribution in [2.24, 2.45) is 5.41 Å². The zero-order chi connectivity index (χ0) is 10.9. The van der Waals surface area contributed by atoms with Gasteiger partial charge in [0.05, 0.1) is 6.54 Å². The van der Waals surface area contributed by atoms with E-state index in [2.05, 4.69) is 11.2 Å². The van der Waals surface area contributed by atoms with Crippen LogP contribution in [0.3, 0.4) is 0 Å². The minimum absolute atomic E-state index is 0.00428. The van der Waals surface area contributed by atoms with Gasteiger partial charge < -0.3 is 5.11 Å². The molecule has 0 amide bonds. The average Bonchev–Trinajstić information content (AvgIpc) is 2.54. The second kappa shape index (κ2) is 3.53. The van der Waals surface area contributed by atoms with Crippen LogP contribution >= 0.6 is 0 Å². The molecule has 3 heteroatoms. The fourth-order valence-corrected chi connectivity index (χ4v) is 3.34. The van der Waals surface area contributed by atoms with Gasteiger partial charge in [-0.2, -0.15) is 0 Å². The predicted molar refractivity (Wildman–Crippen MR) is 57.3 cm³/mol. The Balaban J connectivity index is 2.25. The van der Waals surface area contributed by atoms with Crippen LogP contribution in [0, 0.1) is 17.8 Å². The van der Waals surface area contributed by atoms with Crippen molar-refractivity contribution in [3.8, 4) is 12.3 Å². The van der Waals surface area contributed by atoms with Crippen molar-refractivity contribution in [3.05, 3.63) is 0 Å². The molecule has 2 saturated carbocycles. The number of carboxylic acids is 1. The number of hydrogen-bond donors (Lipinski definition) is 2. The van der Waals surface area contributed by atoms with Gasteiger partial charge in [-0.3, -0.25) is 10.1 Å². The van der Waals surface area contributed by atoms with Gasteiger partial charge in [0.1, 0.15) is 5.54 Å². The largest absolute Gasteiger partial charge is 0.480 e. The highest BCUT2D eigenvalue weighted by Gasteiger charge is 2.61. The SMILES string of the molecule is C#CCNC1(C(=O)O)CCCC12CCC2. The lowest BCUT2D eigenvalue weighted by Gasteiger charge is -2.49. The van der Waals surface area contributed by atoms with Crippen LogP contribution in [-0.2, 0) is 4.79 Å². The van der Waals surface area contributed by atoms with Crippen molar-refractivity contribution in [2.75, 3.05) is 6.54 Å². The van der Waals surface area contributed by atoms with E-state index in [-0.39, 0.29) is 5.41 Å². The normalized spacial score (nSPS) is 32.2. The van der Waals surface area contributed by atoms with Gasteiger partial charge in [-0.15, -0.1) is 6.42 Å². The first-order valence-corrected chi connectivity index (χ1v) is 5.59. The van der Waals surface area contributed by atoms with E-state index < -0.39 is 11.5 Å². The Labute approximate surface area is 90.2 Å². The van der Waals surface area contributed by atoms with Gasteiger partial charge in [-0.05, 0) is 31.1 Å². The third-order valence-electron chi connectivity index (χ3n) is 4.28. The molecule has 2 N–H and O–H groups in total. The molecule has 82 valence electrons. The summed E-state index contributed by atoms with van der Waals surface area (Å²) >= 11 is 0. The Morgan fingerprint density at radius 3 is 2.40 bits per heavy atom. The van der Waals surface area contributed by atoms with E-state index in [4.69, 9.17) is 6.42 Å². The second-order valence-corrected chi connectivity index (χ2v) is 4.76. The zero-order valence-electron chi connectivity index (χ0n) is 8.88. The number of terminal acetylenes is 1. The number of aliphatic carboxylic acids is 1. The number of carbonyl (C=O) groups is 1. The van der Waals surface area contributed by atoms with E-state index in [1.54, 1.807) is 0 Å². The molecule has 0 saturated heterocycles. The highest BCUT2D eigenvalue weighted by atomic mass is 16.4. The van der Waals surface area contributed by atoms with Crippen molar-refractivity contribution < 1.29 is 9.90 Å². The number of hydrogen-bond acceptors (Lipinski definition) is 2. The minimum atomic E-state index is -0.738. The summed E-state index contributed by atoms with van der Waals surface area (Å²) in [6.45, 7) is 0.355.